The molecule has 0 fully saturated rings. The van der Waals surface area contributed by atoms with Crippen LogP contribution in [0.5, 0.6) is 0 Å². The molecule has 0 nitrogen and oxygen atoms in total. The summed E-state index contributed by atoms with van der Waals surface area (Å²) in [5, 5.41) is 3.97. The van der Waals surface area contributed by atoms with Crippen LogP contribution in [0.3, 0.4) is 0 Å². The number of benzene rings is 1. The lowest BCUT2D eigenvalue weighted by Gasteiger charge is -2.50. The first-order valence-electron chi connectivity index (χ1n) is 9.20. The molecule has 0 N–H and O–H groups in total. The van der Waals surface area contributed by atoms with Gasteiger partial charge in [-0.25, -0.2) is 0 Å². The monoisotopic (exact) mass is 328 g/mol. The first-order valence-corrected chi connectivity index (χ1v) is 15.0. The third kappa shape index (κ3) is 1.69. The standard InChI is InChI=1S/C20H32Si2/c1-14-12-15-17-18-16(14)19(2,3)8-9-21(18,6)10-11-22(17,7)13-20(15,4)5/h12H,8-11,13H2,1-7H3. The van der Waals surface area contributed by atoms with Crippen molar-refractivity contribution in [2.24, 2.45) is 0 Å². The van der Waals surface area contributed by atoms with Crippen molar-refractivity contribution in [2.75, 3.05) is 0 Å². The molecular formula is C20H32Si2. The van der Waals surface area contributed by atoms with Gasteiger partial charge in [0, 0.05) is 0 Å². The highest BCUT2D eigenvalue weighted by molar-refractivity contribution is 7.05. The number of rotatable bonds is 0. The Morgan fingerprint density at radius 3 is 2.18 bits per heavy atom. The number of hydrogen-bond donors (Lipinski definition) is 0. The Morgan fingerprint density at radius 2 is 1.50 bits per heavy atom. The minimum atomic E-state index is -1.23. The molecule has 120 valence electrons. The summed E-state index contributed by atoms with van der Waals surface area (Å²) in [7, 11) is -2.44. The van der Waals surface area contributed by atoms with Gasteiger partial charge in [-0.1, -0.05) is 75.4 Å². The third-order valence-electron chi connectivity index (χ3n) is 7.50. The van der Waals surface area contributed by atoms with Crippen LogP contribution in [0.2, 0.25) is 37.3 Å². The van der Waals surface area contributed by atoms with Crippen LogP contribution in [-0.2, 0) is 10.8 Å². The molecule has 3 heterocycles. The van der Waals surface area contributed by atoms with E-state index in [0.29, 0.717) is 10.8 Å². The van der Waals surface area contributed by atoms with Crippen molar-refractivity contribution in [3.05, 3.63) is 22.8 Å². The van der Waals surface area contributed by atoms with Gasteiger partial charge < -0.3 is 0 Å². The van der Waals surface area contributed by atoms with Crippen LogP contribution in [-0.4, -0.2) is 16.1 Å². The molecule has 2 heteroatoms. The fourth-order valence-electron chi connectivity index (χ4n) is 6.47. The van der Waals surface area contributed by atoms with Crippen molar-refractivity contribution in [1.29, 1.82) is 0 Å². The summed E-state index contributed by atoms with van der Waals surface area (Å²) in [4.78, 5) is 0. The molecule has 0 spiro atoms. The van der Waals surface area contributed by atoms with E-state index in [4.69, 9.17) is 0 Å². The topological polar surface area (TPSA) is 0 Å². The Morgan fingerprint density at radius 1 is 0.864 bits per heavy atom. The average Bonchev–Trinajstić information content (AvgIpc) is 2.59. The zero-order chi connectivity index (χ0) is 16.1. The zero-order valence-electron chi connectivity index (χ0n) is 15.6. The Hall–Kier alpha value is -0.346. The molecular weight excluding hydrogens is 296 g/mol. The fourth-order valence-corrected chi connectivity index (χ4v) is 21.0. The van der Waals surface area contributed by atoms with Gasteiger partial charge in [-0.15, -0.1) is 0 Å². The highest BCUT2D eigenvalue weighted by atomic mass is 28.3. The third-order valence-corrected chi connectivity index (χ3v) is 17.4. The summed E-state index contributed by atoms with van der Waals surface area (Å²) in [6.07, 6.45) is 1.42. The highest BCUT2D eigenvalue weighted by Crippen LogP contribution is 2.49. The summed E-state index contributed by atoms with van der Waals surface area (Å²) >= 11 is 0. The largest absolute Gasteiger partial charge is 0.0845 e. The lowest BCUT2D eigenvalue weighted by atomic mass is 9.76. The van der Waals surface area contributed by atoms with E-state index < -0.39 is 16.1 Å². The van der Waals surface area contributed by atoms with Gasteiger partial charge in [0.2, 0.25) is 0 Å². The zero-order valence-corrected chi connectivity index (χ0v) is 17.6. The first kappa shape index (κ1) is 15.2. The summed E-state index contributed by atoms with van der Waals surface area (Å²) in [5.41, 5.74) is 6.03. The Kier molecular flexibility index (Phi) is 2.76. The quantitative estimate of drug-likeness (QED) is 0.613. The molecule has 3 aliphatic rings. The SMILES string of the molecule is Cc1cc2c3c4c1C(C)(C)CC[Si]4(C)CC[Si]3(C)CC2(C)C. The van der Waals surface area contributed by atoms with E-state index in [9.17, 15) is 0 Å². The second kappa shape index (κ2) is 4.00. The van der Waals surface area contributed by atoms with E-state index in [2.05, 4.69) is 53.8 Å². The maximum absolute atomic E-state index is 2.72. The van der Waals surface area contributed by atoms with Gasteiger partial charge in [0.25, 0.3) is 0 Å². The molecule has 3 aliphatic heterocycles. The minimum absolute atomic E-state index is 0.403. The van der Waals surface area contributed by atoms with Gasteiger partial charge in [-0.2, -0.15) is 0 Å². The maximum Gasteiger partial charge on any atom is 0.0845 e. The van der Waals surface area contributed by atoms with Crippen molar-refractivity contribution >= 4 is 26.5 Å². The number of hydrogen-bond acceptors (Lipinski definition) is 0. The van der Waals surface area contributed by atoms with Crippen LogP contribution in [0.15, 0.2) is 6.07 Å². The van der Waals surface area contributed by atoms with Gasteiger partial charge in [-0.05, 0) is 46.9 Å². The molecule has 2 unspecified atom stereocenters. The second-order valence-corrected chi connectivity index (χ2v) is 19.5. The molecule has 0 radical (unpaired) electrons. The van der Waals surface area contributed by atoms with Crippen LogP contribution in [0, 0.1) is 6.92 Å². The molecule has 0 saturated carbocycles. The van der Waals surface area contributed by atoms with Gasteiger partial charge in [-0.3, -0.25) is 0 Å². The van der Waals surface area contributed by atoms with Crippen molar-refractivity contribution in [3.63, 3.8) is 0 Å². The van der Waals surface area contributed by atoms with Crippen LogP contribution in [0.4, 0.5) is 0 Å². The average molecular weight is 329 g/mol. The molecule has 4 rings (SSSR count). The van der Waals surface area contributed by atoms with E-state index in [0.717, 1.165) is 0 Å². The second-order valence-electron chi connectivity index (χ2n) is 10.4. The van der Waals surface area contributed by atoms with E-state index in [1.807, 2.05) is 15.9 Å². The first-order chi connectivity index (χ1) is 10.0. The van der Waals surface area contributed by atoms with Gasteiger partial charge in [0.1, 0.15) is 0 Å². The van der Waals surface area contributed by atoms with Crippen molar-refractivity contribution < 1.29 is 0 Å². The molecule has 0 saturated heterocycles. The molecule has 0 amide bonds. The summed E-state index contributed by atoms with van der Waals surface area (Å²) in [5.74, 6) is 0. The molecule has 0 bridgehead atoms. The van der Waals surface area contributed by atoms with E-state index in [1.165, 1.54) is 18.5 Å². The summed E-state index contributed by atoms with van der Waals surface area (Å²) in [6, 6.07) is 8.83. The van der Waals surface area contributed by atoms with Crippen LogP contribution < -0.4 is 10.4 Å². The normalized spacial score (nSPS) is 37.0. The molecule has 0 aromatic heterocycles. The molecule has 0 aliphatic carbocycles. The van der Waals surface area contributed by atoms with Gasteiger partial charge in [0.15, 0.2) is 0 Å². The van der Waals surface area contributed by atoms with E-state index in [1.54, 1.807) is 23.2 Å². The lowest BCUT2D eigenvalue weighted by molar-refractivity contribution is 0.494. The molecule has 2 atom stereocenters. The van der Waals surface area contributed by atoms with Crippen LogP contribution in [0.1, 0.15) is 50.8 Å². The Balaban J connectivity index is 2.16. The van der Waals surface area contributed by atoms with Crippen molar-refractivity contribution in [1.82, 2.24) is 0 Å². The van der Waals surface area contributed by atoms with Crippen LogP contribution >= 0.6 is 0 Å². The fraction of sp³-hybridized carbons (Fsp3) is 0.700. The predicted molar refractivity (Wildman–Crippen MR) is 104 cm³/mol. The van der Waals surface area contributed by atoms with Crippen molar-refractivity contribution in [2.45, 2.75) is 89.1 Å². The number of aryl methyl sites for hydroxylation is 1. The lowest BCUT2D eigenvalue weighted by Crippen LogP contribution is -2.68. The van der Waals surface area contributed by atoms with Gasteiger partial charge in [0.05, 0.1) is 16.1 Å². The van der Waals surface area contributed by atoms with Crippen molar-refractivity contribution in [3.8, 4) is 0 Å². The summed E-state index contributed by atoms with van der Waals surface area (Å²) in [6.45, 7) is 17.9. The molecule has 22 heavy (non-hydrogen) atoms. The van der Waals surface area contributed by atoms with E-state index in [-0.39, 0.29) is 0 Å². The predicted octanol–water partition coefficient (Wildman–Crippen LogP) is 4.55. The van der Waals surface area contributed by atoms with Gasteiger partial charge >= 0.3 is 0 Å². The Bertz CT molecular complexity index is 685. The van der Waals surface area contributed by atoms with E-state index >= 15 is 0 Å². The highest BCUT2D eigenvalue weighted by Gasteiger charge is 2.56. The molecule has 1 aromatic carbocycles. The minimum Gasteiger partial charge on any atom is -0.0652 e. The summed E-state index contributed by atoms with van der Waals surface area (Å²) < 4.78 is 0. The molecule has 1 aromatic rings. The maximum atomic E-state index is 2.72. The van der Waals surface area contributed by atoms with Crippen LogP contribution in [0.25, 0.3) is 0 Å². The smallest absolute Gasteiger partial charge is 0.0652 e. The Labute approximate surface area is 138 Å².